The summed E-state index contributed by atoms with van der Waals surface area (Å²) in [6, 6.07) is 0. The first-order valence-corrected chi connectivity index (χ1v) is 4.63. The van der Waals surface area contributed by atoms with Gasteiger partial charge in [-0.3, -0.25) is 0 Å². The first-order chi connectivity index (χ1) is 6.76. The molecule has 0 radical (unpaired) electrons. The van der Waals surface area contributed by atoms with E-state index < -0.39 is 11.9 Å². The predicted octanol–water partition coefficient (Wildman–Crippen LogP) is 0.265. The van der Waals surface area contributed by atoms with Gasteiger partial charge in [-0.15, -0.1) is 0 Å². The second-order valence-corrected chi connectivity index (χ2v) is 4.12. The SMILES string of the molecule is C=CC(=O)OC(C)C[N+](C)(C)CC(=O)O. The van der Waals surface area contributed by atoms with Gasteiger partial charge >= 0.3 is 11.9 Å². The van der Waals surface area contributed by atoms with Gasteiger partial charge in [0.15, 0.2) is 6.54 Å². The number of likely N-dealkylation sites (N-methyl/N-ethyl adjacent to an activating group) is 1. The number of carboxylic acids is 1. The van der Waals surface area contributed by atoms with E-state index in [2.05, 4.69) is 6.58 Å². The molecule has 0 rings (SSSR count). The lowest BCUT2D eigenvalue weighted by Gasteiger charge is -2.30. The largest absolute Gasteiger partial charge is 0.477 e. The van der Waals surface area contributed by atoms with Crippen LogP contribution >= 0.6 is 0 Å². The van der Waals surface area contributed by atoms with Crippen molar-refractivity contribution in [2.75, 3.05) is 27.2 Å². The van der Waals surface area contributed by atoms with Crippen LogP contribution in [0, 0.1) is 0 Å². The fourth-order valence-electron chi connectivity index (χ4n) is 1.41. The van der Waals surface area contributed by atoms with Gasteiger partial charge in [0.05, 0.1) is 14.1 Å². The van der Waals surface area contributed by atoms with E-state index in [0.717, 1.165) is 6.08 Å². The summed E-state index contributed by atoms with van der Waals surface area (Å²) >= 11 is 0. The van der Waals surface area contributed by atoms with E-state index in [9.17, 15) is 9.59 Å². The summed E-state index contributed by atoms with van der Waals surface area (Å²) in [4.78, 5) is 21.4. The molecule has 0 aliphatic carbocycles. The number of rotatable bonds is 6. The highest BCUT2D eigenvalue weighted by molar-refractivity contribution is 5.81. The fourth-order valence-corrected chi connectivity index (χ4v) is 1.41. The Morgan fingerprint density at radius 1 is 1.53 bits per heavy atom. The Morgan fingerprint density at radius 3 is 2.47 bits per heavy atom. The molecule has 0 spiro atoms. The second-order valence-electron chi connectivity index (χ2n) is 4.12. The van der Waals surface area contributed by atoms with Gasteiger partial charge in [0, 0.05) is 6.08 Å². The van der Waals surface area contributed by atoms with Crippen LogP contribution in [0.2, 0.25) is 0 Å². The van der Waals surface area contributed by atoms with Crippen LogP contribution in [0.25, 0.3) is 0 Å². The highest BCUT2D eigenvalue weighted by Gasteiger charge is 2.24. The van der Waals surface area contributed by atoms with Crippen LogP contribution < -0.4 is 0 Å². The molecule has 1 unspecified atom stereocenters. The zero-order valence-corrected chi connectivity index (χ0v) is 9.40. The van der Waals surface area contributed by atoms with Crippen LogP contribution in [-0.4, -0.2) is 54.8 Å². The number of hydrogen-bond acceptors (Lipinski definition) is 3. The van der Waals surface area contributed by atoms with Gasteiger partial charge < -0.3 is 14.3 Å². The lowest BCUT2D eigenvalue weighted by molar-refractivity contribution is -0.885. The number of aliphatic carboxylic acids is 1. The highest BCUT2D eigenvalue weighted by Crippen LogP contribution is 2.03. The van der Waals surface area contributed by atoms with Crippen LogP contribution in [0.1, 0.15) is 6.92 Å². The van der Waals surface area contributed by atoms with Crippen LogP contribution in [0.5, 0.6) is 0 Å². The van der Waals surface area contributed by atoms with Gasteiger partial charge in [0.1, 0.15) is 12.6 Å². The van der Waals surface area contributed by atoms with Crippen LogP contribution in [-0.2, 0) is 14.3 Å². The average molecular weight is 216 g/mol. The number of carboxylic acid groups (broad SMARTS) is 1. The third-order valence-electron chi connectivity index (χ3n) is 1.80. The van der Waals surface area contributed by atoms with Crippen molar-refractivity contribution < 1.29 is 23.9 Å². The van der Waals surface area contributed by atoms with E-state index in [1.807, 2.05) is 0 Å². The lowest BCUT2D eigenvalue weighted by Crippen LogP contribution is -2.48. The third kappa shape index (κ3) is 6.68. The van der Waals surface area contributed by atoms with E-state index >= 15 is 0 Å². The maximum absolute atomic E-state index is 10.9. The zero-order valence-electron chi connectivity index (χ0n) is 9.40. The van der Waals surface area contributed by atoms with Gasteiger partial charge in [0.2, 0.25) is 0 Å². The third-order valence-corrected chi connectivity index (χ3v) is 1.80. The van der Waals surface area contributed by atoms with E-state index in [1.165, 1.54) is 0 Å². The minimum atomic E-state index is -0.873. The monoisotopic (exact) mass is 216 g/mol. The Labute approximate surface area is 89.5 Å². The predicted molar refractivity (Wildman–Crippen MR) is 55.2 cm³/mol. The van der Waals surface area contributed by atoms with E-state index in [1.54, 1.807) is 21.0 Å². The van der Waals surface area contributed by atoms with Gasteiger partial charge in [-0.2, -0.15) is 0 Å². The van der Waals surface area contributed by atoms with Crippen molar-refractivity contribution in [1.82, 2.24) is 0 Å². The van der Waals surface area contributed by atoms with E-state index in [4.69, 9.17) is 9.84 Å². The Kier molecular flexibility index (Phi) is 5.00. The molecule has 0 saturated carbocycles. The number of carbonyl (C=O) groups excluding carboxylic acids is 1. The summed E-state index contributed by atoms with van der Waals surface area (Å²) in [7, 11) is 3.54. The minimum Gasteiger partial charge on any atom is -0.477 e. The Morgan fingerprint density at radius 2 is 2.07 bits per heavy atom. The van der Waals surface area contributed by atoms with Crippen LogP contribution in [0.3, 0.4) is 0 Å². The zero-order chi connectivity index (χ0) is 12.1. The normalized spacial score (nSPS) is 13.0. The number of hydrogen-bond donors (Lipinski definition) is 1. The molecule has 0 fully saturated rings. The summed E-state index contributed by atoms with van der Waals surface area (Å²) in [5, 5.41) is 8.65. The summed E-state index contributed by atoms with van der Waals surface area (Å²) in [5.74, 6) is -1.36. The first-order valence-electron chi connectivity index (χ1n) is 4.63. The standard InChI is InChI=1S/C10H17NO4/c1-5-10(14)15-8(2)6-11(3,4)7-9(12)13/h5,8H,1,6-7H2,2-4H3/p+1. The maximum Gasteiger partial charge on any atom is 0.359 e. The van der Waals surface area contributed by atoms with Crippen molar-refractivity contribution >= 4 is 11.9 Å². The van der Waals surface area contributed by atoms with Crippen molar-refractivity contribution in [3.63, 3.8) is 0 Å². The fraction of sp³-hybridized carbons (Fsp3) is 0.600. The molecular formula is C10H18NO4+. The van der Waals surface area contributed by atoms with Crippen molar-refractivity contribution in [2.24, 2.45) is 0 Å². The molecule has 15 heavy (non-hydrogen) atoms. The maximum atomic E-state index is 10.9. The molecule has 86 valence electrons. The number of nitrogens with zero attached hydrogens (tertiary/aromatic N) is 1. The van der Waals surface area contributed by atoms with E-state index in [0.29, 0.717) is 6.54 Å². The highest BCUT2D eigenvalue weighted by atomic mass is 16.5. The molecular weight excluding hydrogens is 198 g/mol. The minimum absolute atomic E-state index is 0.00399. The molecule has 0 aromatic carbocycles. The molecule has 5 nitrogen and oxygen atoms in total. The molecule has 0 bridgehead atoms. The van der Waals surface area contributed by atoms with Gasteiger partial charge in [-0.05, 0) is 6.92 Å². The number of esters is 1. The number of carbonyl (C=O) groups is 2. The number of ether oxygens (including phenoxy) is 1. The van der Waals surface area contributed by atoms with Gasteiger partial charge in [0.25, 0.3) is 0 Å². The first kappa shape index (κ1) is 13.6. The molecule has 1 atom stereocenters. The Bertz CT molecular complexity index is 260. The molecule has 0 aromatic heterocycles. The second kappa shape index (κ2) is 5.50. The lowest BCUT2D eigenvalue weighted by atomic mass is 10.3. The van der Waals surface area contributed by atoms with Crippen LogP contribution in [0.4, 0.5) is 0 Å². The molecule has 0 aliphatic rings. The van der Waals surface area contributed by atoms with Crippen molar-refractivity contribution in [2.45, 2.75) is 13.0 Å². The quantitative estimate of drug-likeness (QED) is 0.393. The molecule has 0 aromatic rings. The summed E-state index contributed by atoms with van der Waals surface area (Å²) in [5.41, 5.74) is 0. The molecule has 0 aliphatic heterocycles. The Hall–Kier alpha value is -1.36. The Balaban J connectivity index is 4.14. The summed E-state index contributed by atoms with van der Waals surface area (Å²) < 4.78 is 5.22. The van der Waals surface area contributed by atoms with Gasteiger partial charge in [-0.1, -0.05) is 6.58 Å². The smallest absolute Gasteiger partial charge is 0.359 e. The van der Waals surface area contributed by atoms with Crippen molar-refractivity contribution in [3.05, 3.63) is 12.7 Å². The molecule has 5 heteroatoms. The van der Waals surface area contributed by atoms with Crippen molar-refractivity contribution in [3.8, 4) is 0 Å². The van der Waals surface area contributed by atoms with E-state index in [-0.39, 0.29) is 17.1 Å². The molecule has 0 saturated heterocycles. The summed E-state index contributed by atoms with van der Waals surface area (Å²) in [6.45, 7) is 5.46. The van der Waals surface area contributed by atoms with Crippen LogP contribution in [0.15, 0.2) is 12.7 Å². The van der Waals surface area contributed by atoms with Crippen molar-refractivity contribution in [1.29, 1.82) is 0 Å². The van der Waals surface area contributed by atoms with Gasteiger partial charge in [-0.25, -0.2) is 9.59 Å². The molecule has 1 N–H and O–H groups in total. The average Bonchev–Trinajstić information content (AvgIpc) is 1.99. The summed E-state index contributed by atoms with van der Waals surface area (Å²) in [6.07, 6.45) is 0.762. The number of quaternary nitrogens is 1. The molecule has 0 heterocycles. The topological polar surface area (TPSA) is 63.6 Å². The molecule has 0 amide bonds.